The van der Waals surface area contributed by atoms with Crippen LogP contribution in [0.15, 0.2) is 47.8 Å². The predicted octanol–water partition coefficient (Wildman–Crippen LogP) is 5.60. The van der Waals surface area contributed by atoms with Gasteiger partial charge >= 0.3 is 0 Å². The zero-order valence-electron chi connectivity index (χ0n) is 16.1. The molecule has 1 aliphatic rings. The molecule has 2 aromatic carbocycles. The molecule has 0 saturated carbocycles. The van der Waals surface area contributed by atoms with Crippen LogP contribution in [0.4, 0.5) is 0 Å². The van der Waals surface area contributed by atoms with E-state index < -0.39 is 0 Å². The minimum atomic E-state index is -0.181. The number of thiazole rings is 1. The first-order valence-electron chi connectivity index (χ1n) is 9.61. The van der Waals surface area contributed by atoms with Crippen molar-refractivity contribution in [1.29, 1.82) is 0 Å². The van der Waals surface area contributed by atoms with Crippen LogP contribution in [-0.2, 0) is 11.3 Å². The molecule has 1 saturated heterocycles. The average Bonchev–Trinajstić information content (AvgIpc) is 3.45. The van der Waals surface area contributed by atoms with Crippen molar-refractivity contribution >= 4 is 40.4 Å². The Morgan fingerprint density at radius 2 is 2.13 bits per heavy atom. The van der Waals surface area contributed by atoms with Crippen LogP contribution in [0.2, 0.25) is 10.0 Å². The molecule has 4 rings (SSSR count). The minimum absolute atomic E-state index is 0.108. The van der Waals surface area contributed by atoms with Crippen LogP contribution in [0, 0.1) is 0 Å². The van der Waals surface area contributed by atoms with E-state index >= 15 is 0 Å². The summed E-state index contributed by atoms with van der Waals surface area (Å²) in [6, 6.07) is 13.0. The van der Waals surface area contributed by atoms with Crippen LogP contribution in [-0.4, -0.2) is 30.1 Å². The van der Waals surface area contributed by atoms with Crippen LogP contribution < -0.4 is 10.1 Å². The van der Waals surface area contributed by atoms with Crippen molar-refractivity contribution in [2.24, 2.45) is 0 Å². The molecule has 1 amide bonds. The van der Waals surface area contributed by atoms with E-state index in [-0.39, 0.29) is 12.0 Å². The highest BCUT2D eigenvalue weighted by molar-refractivity contribution is 7.13. The van der Waals surface area contributed by atoms with Crippen molar-refractivity contribution in [2.75, 3.05) is 13.2 Å². The predicted molar refractivity (Wildman–Crippen MR) is 120 cm³/mol. The summed E-state index contributed by atoms with van der Waals surface area (Å²) in [5, 5.41) is 6.44. The second-order valence-electron chi connectivity index (χ2n) is 6.95. The van der Waals surface area contributed by atoms with E-state index in [1.54, 1.807) is 17.5 Å². The maximum absolute atomic E-state index is 12.4. The Morgan fingerprint density at radius 3 is 2.93 bits per heavy atom. The number of benzene rings is 2. The summed E-state index contributed by atoms with van der Waals surface area (Å²) in [6.07, 6.45) is 2.14. The van der Waals surface area contributed by atoms with Crippen LogP contribution in [0.3, 0.4) is 0 Å². The summed E-state index contributed by atoms with van der Waals surface area (Å²) in [5.74, 6) is 0.526. The number of hydrogen-bond acceptors (Lipinski definition) is 5. The van der Waals surface area contributed by atoms with E-state index in [9.17, 15) is 4.79 Å². The van der Waals surface area contributed by atoms with Gasteiger partial charge < -0.3 is 14.8 Å². The lowest BCUT2D eigenvalue weighted by Crippen LogP contribution is -2.31. The Labute approximate surface area is 188 Å². The molecule has 0 radical (unpaired) electrons. The summed E-state index contributed by atoms with van der Waals surface area (Å²) in [5.41, 5.74) is 2.23. The van der Waals surface area contributed by atoms with Crippen molar-refractivity contribution in [1.82, 2.24) is 10.3 Å². The summed E-state index contributed by atoms with van der Waals surface area (Å²) in [7, 11) is 0. The minimum Gasteiger partial charge on any atom is -0.489 e. The molecule has 30 heavy (non-hydrogen) atoms. The summed E-state index contributed by atoms with van der Waals surface area (Å²) < 4.78 is 11.4. The largest absolute Gasteiger partial charge is 0.489 e. The number of nitrogens with one attached hydrogen (secondary N) is 1. The van der Waals surface area contributed by atoms with Gasteiger partial charge in [0, 0.05) is 24.1 Å². The van der Waals surface area contributed by atoms with Gasteiger partial charge in [0.15, 0.2) is 0 Å². The van der Waals surface area contributed by atoms with E-state index in [0.717, 1.165) is 35.6 Å². The fourth-order valence-corrected chi connectivity index (χ4v) is 4.25. The lowest BCUT2D eigenvalue weighted by molar-refractivity contribution is 0.0854. The molecule has 1 fully saturated rings. The Morgan fingerprint density at radius 1 is 1.23 bits per heavy atom. The van der Waals surface area contributed by atoms with E-state index in [0.29, 0.717) is 34.6 Å². The van der Waals surface area contributed by atoms with Crippen molar-refractivity contribution < 1.29 is 14.3 Å². The maximum Gasteiger partial charge on any atom is 0.270 e. The number of rotatable bonds is 7. The number of aromatic nitrogens is 1. The molecule has 0 bridgehead atoms. The monoisotopic (exact) mass is 462 g/mol. The highest BCUT2D eigenvalue weighted by atomic mass is 35.5. The molecule has 1 aliphatic heterocycles. The smallest absolute Gasteiger partial charge is 0.270 e. The topological polar surface area (TPSA) is 60.5 Å². The highest BCUT2D eigenvalue weighted by Crippen LogP contribution is 2.28. The zero-order valence-corrected chi connectivity index (χ0v) is 18.4. The van der Waals surface area contributed by atoms with E-state index in [1.807, 2.05) is 30.3 Å². The lowest BCUT2D eigenvalue weighted by Gasteiger charge is -2.09. The van der Waals surface area contributed by atoms with Gasteiger partial charge in [-0.05, 0) is 42.7 Å². The van der Waals surface area contributed by atoms with Crippen molar-refractivity contribution in [3.63, 3.8) is 0 Å². The number of carbonyl (C=O) groups is 1. The average molecular weight is 463 g/mol. The van der Waals surface area contributed by atoms with Crippen LogP contribution >= 0.6 is 34.5 Å². The first-order valence-corrected chi connectivity index (χ1v) is 11.2. The Kier molecular flexibility index (Phi) is 6.89. The van der Waals surface area contributed by atoms with Crippen LogP contribution in [0.25, 0.3) is 10.6 Å². The molecule has 1 N–H and O–H groups in total. The van der Waals surface area contributed by atoms with Gasteiger partial charge in [-0.1, -0.05) is 41.4 Å². The fourth-order valence-electron chi connectivity index (χ4n) is 3.13. The second-order valence-corrected chi connectivity index (χ2v) is 8.62. The maximum atomic E-state index is 12.4. The molecule has 0 aliphatic carbocycles. The summed E-state index contributed by atoms with van der Waals surface area (Å²) in [4.78, 5) is 16.8. The Balaban J connectivity index is 1.38. The van der Waals surface area contributed by atoms with E-state index in [4.69, 9.17) is 32.7 Å². The molecule has 1 aromatic heterocycles. The molecule has 2 heterocycles. The number of carbonyl (C=O) groups excluding carboxylic acids is 1. The Bertz CT molecular complexity index is 1030. The van der Waals surface area contributed by atoms with Gasteiger partial charge in [-0.2, -0.15) is 0 Å². The van der Waals surface area contributed by atoms with Gasteiger partial charge in [0.1, 0.15) is 23.1 Å². The Hall–Kier alpha value is -2.12. The summed E-state index contributed by atoms with van der Waals surface area (Å²) >= 11 is 13.4. The third kappa shape index (κ3) is 5.32. The molecule has 0 unspecified atom stereocenters. The fraction of sp³-hybridized carbons (Fsp3) is 0.273. The van der Waals surface area contributed by atoms with Crippen LogP contribution in [0.5, 0.6) is 5.75 Å². The lowest BCUT2D eigenvalue weighted by atomic mass is 10.2. The molecular formula is C22H20Cl2N2O3S. The van der Waals surface area contributed by atoms with Crippen molar-refractivity contribution in [3.05, 3.63) is 69.1 Å². The number of amides is 1. The van der Waals surface area contributed by atoms with E-state index in [2.05, 4.69) is 10.3 Å². The van der Waals surface area contributed by atoms with Gasteiger partial charge in [-0.25, -0.2) is 4.98 Å². The van der Waals surface area contributed by atoms with Crippen molar-refractivity contribution in [2.45, 2.75) is 25.6 Å². The van der Waals surface area contributed by atoms with E-state index in [1.165, 1.54) is 11.3 Å². The van der Waals surface area contributed by atoms with Gasteiger partial charge in [0.25, 0.3) is 5.91 Å². The SMILES string of the molecule is O=C(NC[C@@H]1CCCO1)c1csc(-c2cccc(OCc3ccc(Cl)c(Cl)c3)c2)n1. The van der Waals surface area contributed by atoms with Gasteiger partial charge in [-0.15, -0.1) is 11.3 Å². The molecule has 5 nitrogen and oxygen atoms in total. The van der Waals surface area contributed by atoms with Gasteiger partial charge in [-0.3, -0.25) is 4.79 Å². The number of nitrogens with zero attached hydrogens (tertiary/aromatic N) is 1. The number of halogens is 2. The third-order valence-electron chi connectivity index (χ3n) is 4.72. The summed E-state index contributed by atoms with van der Waals surface area (Å²) in [6.45, 7) is 1.66. The third-order valence-corrected chi connectivity index (χ3v) is 6.35. The molecule has 0 spiro atoms. The van der Waals surface area contributed by atoms with Crippen molar-refractivity contribution in [3.8, 4) is 16.3 Å². The number of ether oxygens (including phenoxy) is 2. The first-order chi connectivity index (χ1) is 14.6. The zero-order chi connectivity index (χ0) is 20.9. The van der Waals surface area contributed by atoms with Crippen LogP contribution in [0.1, 0.15) is 28.9 Å². The molecular weight excluding hydrogens is 443 g/mol. The molecule has 3 aromatic rings. The number of hydrogen-bond donors (Lipinski definition) is 1. The molecule has 1 atom stereocenters. The normalized spacial score (nSPS) is 15.9. The van der Waals surface area contributed by atoms with Gasteiger partial charge in [0.2, 0.25) is 0 Å². The highest BCUT2D eigenvalue weighted by Gasteiger charge is 2.18. The second kappa shape index (κ2) is 9.79. The quantitative estimate of drug-likeness (QED) is 0.495. The molecule has 8 heteroatoms. The molecule has 156 valence electrons. The van der Waals surface area contributed by atoms with Gasteiger partial charge in [0.05, 0.1) is 16.1 Å². The first kappa shape index (κ1) is 21.1. The standard InChI is InChI=1S/C22H20Cl2N2O3S/c23-18-7-6-14(9-19(18)24)12-29-16-4-1-3-15(10-16)22-26-20(13-30-22)21(27)25-11-17-5-2-8-28-17/h1,3-4,6-7,9-10,13,17H,2,5,8,11-12H2,(H,25,27)/t17-/m0/s1.